The van der Waals surface area contributed by atoms with Crippen LogP contribution >= 0.6 is 0 Å². The highest BCUT2D eigenvalue weighted by atomic mass is 15.2. The molecule has 0 saturated carbocycles. The number of nitrogens with zero attached hydrogens (tertiary/aromatic N) is 1. The van der Waals surface area contributed by atoms with Crippen LogP contribution in [0.5, 0.6) is 0 Å². The van der Waals surface area contributed by atoms with Crippen molar-refractivity contribution in [2.24, 2.45) is 11.7 Å². The monoisotopic (exact) mass is 260 g/mol. The van der Waals surface area contributed by atoms with Gasteiger partial charge in [0.2, 0.25) is 0 Å². The summed E-state index contributed by atoms with van der Waals surface area (Å²) in [5, 5.41) is 0. The molecule has 2 heteroatoms. The van der Waals surface area contributed by atoms with Crippen LogP contribution in [0.3, 0.4) is 0 Å². The molecule has 0 bridgehead atoms. The molecule has 0 spiro atoms. The molecule has 0 aromatic heterocycles. The molecular formula is C17H28N2. The van der Waals surface area contributed by atoms with E-state index in [1.165, 1.54) is 31.4 Å². The SMILES string of the molecule is CC(C)C(c1ccccc1)N1CCCCC1CCN. The van der Waals surface area contributed by atoms with E-state index in [9.17, 15) is 0 Å². The van der Waals surface area contributed by atoms with Gasteiger partial charge in [-0.2, -0.15) is 0 Å². The standard InChI is InChI=1S/C17H28N2/c1-14(2)17(15-8-4-3-5-9-15)19-13-7-6-10-16(19)11-12-18/h3-5,8-9,14,16-17H,6-7,10-13,18H2,1-2H3. The van der Waals surface area contributed by atoms with Crippen LogP contribution in [0.25, 0.3) is 0 Å². The van der Waals surface area contributed by atoms with E-state index in [4.69, 9.17) is 5.73 Å². The number of hydrogen-bond acceptors (Lipinski definition) is 2. The van der Waals surface area contributed by atoms with E-state index in [1.807, 2.05) is 0 Å². The van der Waals surface area contributed by atoms with Crippen LogP contribution in [0.4, 0.5) is 0 Å². The predicted octanol–water partition coefficient (Wildman–Crippen LogP) is 3.59. The summed E-state index contributed by atoms with van der Waals surface area (Å²) in [7, 11) is 0. The van der Waals surface area contributed by atoms with Gasteiger partial charge < -0.3 is 5.73 Å². The Morgan fingerprint density at radius 2 is 1.95 bits per heavy atom. The summed E-state index contributed by atoms with van der Waals surface area (Å²) in [5.41, 5.74) is 7.27. The third-order valence-electron chi connectivity index (χ3n) is 4.30. The minimum Gasteiger partial charge on any atom is -0.330 e. The highest BCUT2D eigenvalue weighted by Crippen LogP contribution is 2.34. The second-order valence-electron chi connectivity index (χ2n) is 6.06. The highest BCUT2D eigenvalue weighted by Gasteiger charge is 2.30. The van der Waals surface area contributed by atoms with Crippen molar-refractivity contribution in [3.05, 3.63) is 35.9 Å². The van der Waals surface area contributed by atoms with E-state index in [2.05, 4.69) is 49.1 Å². The van der Waals surface area contributed by atoms with E-state index in [0.29, 0.717) is 18.0 Å². The van der Waals surface area contributed by atoms with E-state index >= 15 is 0 Å². The van der Waals surface area contributed by atoms with Crippen molar-refractivity contribution in [1.82, 2.24) is 4.90 Å². The average molecular weight is 260 g/mol. The molecule has 1 heterocycles. The van der Waals surface area contributed by atoms with Gasteiger partial charge in [0, 0.05) is 12.1 Å². The first-order chi connectivity index (χ1) is 9.24. The molecule has 0 radical (unpaired) electrons. The van der Waals surface area contributed by atoms with Crippen molar-refractivity contribution in [2.45, 2.75) is 51.6 Å². The van der Waals surface area contributed by atoms with Crippen LogP contribution in [0.1, 0.15) is 51.1 Å². The van der Waals surface area contributed by atoms with E-state index in [-0.39, 0.29) is 0 Å². The molecular weight excluding hydrogens is 232 g/mol. The molecule has 0 amide bonds. The maximum atomic E-state index is 5.81. The first-order valence-corrected chi connectivity index (χ1v) is 7.74. The molecule has 2 nitrogen and oxygen atoms in total. The van der Waals surface area contributed by atoms with Gasteiger partial charge in [-0.1, -0.05) is 50.6 Å². The first-order valence-electron chi connectivity index (χ1n) is 7.74. The summed E-state index contributed by atoms with van der Waals surface area (Å²) in [4.78, 5) is 2.72. The van der Waals surface area contributed by atoms with Crippen molar-refractivity contribution in [2.75, 3.05) is 13.1 Å². The normalized spacial score (nSPS) is 22.6. The number of piperidine rings is 1. The Kier molecular flexibility index (Phi) is 5.41. The Morgan fingerprint density at radius 1 is 1.21 bits per heavy atom. The van der Waals surface area contributed by atoms with Gasteiger partial charge in [0.1, 0.15) is 0 Å². The lowest BCUT2D eigenvalue weighted by molar-refractivity contribution is 0.0649. The molecule has 1 aromatic rings. The third kappa shape index (κ3) is 3.58. The molecule has 2 rings (SSSR count). The second kappa shape index (κ2) is 7.06. The Bertz CT molecular complexity index is 359. The fourth-order valence-corrected chi connectivity index (χ4v) is 3.50. The van der Waals surface area contributed by atoms with Crippen molar-refractivity contribution in [1.29, 1.82) is 0 Å². The Labute approximate surface area is 118 Å². The molecule has 2 unspecified atom stereocenters. The lowest BCUT2D eigenvalue weighted by Gasteiger charge is -2.43. The quantitative estimate of drug-likeness (QED) is 0.876. The van der Waals surface area contributed by atoms with Crippen LogP contribution in [-0.4, -0.2) is 24.0 Å². The molecule has 1 saturated heterocycles. The molecule has 2 atom stereocenters. The molecule has 0 aliphatic carbocycles. The predicted molar refractivity (Wildman–Crippen MR) is 82.0 cm³/mol. The smallest absolute Gasteiger partial charge is 0.0373 e. The van der Waals surface area contributed by atoms with Gasteiger partial charge in [0.05, 0.1) is 0 Å². The molecule has 1 aliphatic heterocycles. The van der Waals surface area contributed by atoms with E-state index < -0.39 is 0 Å². The summed E-state index contributed by atoms with van der Waals surface area (Å²) in [6.07, 6.45) is 5.14. The zero-order valence-corrected chi connectivity index (χ0v) is 12.4. The summed E-state index contributed by atoms with van der Waals surface area (Å²) in [6, 6.07) is 12.2. The Morgan fingerprint density at radius 3 is 2.58 bits per heavy atom. The largest absolute Gasteiger partial charge is 0.330 e. The zero-order valence-electron chi connectivity index (χ0n) is 12.4. The summed E-state index contributed by atoms with van der Waals surface area (Å²) >= 11 is 0. The number of likely N-dealkylation sites (tertiary alicyclic amines) is 1. The molecule has 106 valence electrons. The van der Waals surface area contributed by atoms with Crippen molar-refractivity contribution in [3.63, 3.8) is 0 Å². The fraction of sp³-hybridized carbons (Fsp3) is 0.647. The summed E-state index contributed by atoms with van der Waals surface area (Å²) < 4.78 is 0. The van der Waals surface area contributed by atoms with Crippen molar-refractivity contribution >= 4 is 0 Å². The zero-order chi connectivity index (χ0) is 13.7. The van der Waals surface area contributed by atoms with Crippen LogP contribution in [0.2, 0.25) is 0 Å². The number of rotatable bonds is 5. The number of nitrogens with two attached hydrogens (primary N) is 1. The summed E-state index contributed by atoms with van der Waals surface area (Å²) in [6.45, 7) is 6.71. The van der Waals surface area contributed by atoms with E-state index in [1.54, 1.807) is 0 Å². The molecule has 1 aliphatic rings. The average Bonchev–Trinajstić information content (AvgIpc) is 2.42. The maximum absolute atomic E-state index is 5.81. The number of benzene rings is 1. The van der Waals surface area contributed by atoms with Gasteiger partial charge in [-0.05, 0) is 43.8 Å². The molecule has 1 aromatic carbocycles. The Balaban J connectivity index is 2.22. The van der Waals surface area contributed by atoms with Gasteiger partial charge in [-0.15, -0.1) is 0 Å². The lowest BCUT2D eigenvalue weighted by atomic mass is 9.89. The van der Waals surface area contributed by atoms with Crippen LogP contribution in [-0.2, 0) is 0 Å². The fourth-order valence-electron chi connectivity index (χ4n) is 3.50. The summed E-state index contributed by atoms with van der Waals surface area (Å²) in [5.74, 6) is 0.640. The number of hydrogen-bond donors (Lipinski definition) is 1. The van der Waals surface area contributed by atoms with Crippen LogP contribution in [0, 0.1) is 5.92 Å². The third-order valence-corrected chi connectivity index (χ3v) is 4.30. The van der Waals surface area contributed by atoms with Gasteiger partial charge in [0.15, 0.2) is 0 Å². The van der Waals surface area contributed by atoms with Gasteiger partial charge >= 0.3 is 0 Å². The second-order valence-corrected chi connectivity index (χ2v) is 6.06. The van der Waals surface area contributed by atoms with Crippen LogP contribution in [0.15, 0.2) is 30.3 Å². The van der Waals surface area contributed by atoms with Crippen molar-refractivity contribution in [3.8, 4) is 0 Å². The molecule has 2 N–H and O–H groups in total. The topological polar surface area (TPSA) is 29.3 Å². The molecule has 1 fully saturated rings. The molecule has 19 heavy (non-hydrogen) atoms. The van der Waals surface area contributed by atoms with E-state index in [0.717, 1.165) is 13.0 Å². The maximum Gasteiger partial charge on any atom is 0.0373 e. The Hall–Kier alpha value is -0.860. The minimum absolute atomic E-state index is 0.540. The highest BCUT2D eigenvalue weighted by molar-refractivity contribution is 5.20. The lowest BCUT2D eigenvalue weighted by Crippen LogP contribution is -2.44. The van der Waals surface area contributed by atoms with Gasteiger partial charge in [-0.25, -0.2) is 0 Å². The minimum atomic E-state index is 0.540. The first kappa shape index (κ1) is 14.5. The van der Waals surface area contributed by atoms with Crippen LogP contribution < -0.4 is 5.73 Å². The van der Waals surface area contributed by atoms with Gasteiger partial charge in [-0.3, -0.25) is 4.90 Å². The van der Waals surface area contributed by atoms with Gasteiger partial charge in [0.25, 0.3) is 0 Å². The van der Waals surface area contributed by atoms with Crippen molar-refractivity contribution < 1.29 is 0 Å².